The molecule has 1 heterocycles. The molecule has 0 aromatic heterocycles. The second-order valence-electron chi connectivity index (χ2n) is 6.30. The van der Waals surface area contributed by atoms with Gasteiger partial charge in [0.1, 0.15) is 0 Å². The maximum Gasteiger partial charge on any atom is 0.503 e. The lowest BCUT2D eigenvalue weighted by atomic mass is 10.1. The summed E-state index contributed by atoms with van der Waals surface area (Å²) in [7, 11) is 4.77. The van der Waals surface area contributed by atoms with E-state index in [4.69, 9.17) is 31.3 Å². The van der Waals surface area contributed by atoms with Gasteiger partial charge in [-0.2, -0.15) is 0 Å². The van der Waals surface area contributed by atoms with Crippen molar-refractivity contribution in [2.45, 2.75) is 49.6 Å². The first kappa shape index (κ1) is 23.2. The van der Waals surface area contributed by atoms with Crippen LogP contribution in [-0.2, 0) is 31.3 Å². The molecule has 25 heavy (non-hydrogen) atoms. The third-order valence-electron chi connectivity index (χ3n) is 5.28. The van der Waals surface area contributed by atoms with E-state index >= 15 is 0 Å². The van der Waals surface area contributed by atoms with Crippen molar-refractivity contribution in [3.8, 4) is 0 Å². The Morgan fingerprint density at radius 2 is 0.880 bits per heavy atom. The maximum atomic E-state index is 5.89. The van der Waals surface area contributed by atoms with Gasteiger partial charge in [0.25, 0.3) is 0 Å². The average molecular weight is 397 g/mol. The van der Waals surface area contributed by atoms with E-state index in [-0.39, 0.29) is 11.1 Å². The molecule has 1 fully saturated rings. The average Bonchev–Trinajstić information content (AvgIpc) is 2.71. The van der Waals surface area contributed by atoms with Gasteiger partial charge in [-0.05, 0) is 25.7 Å². The molecule has 2 atom stereocenters. The molecule has 0 bridgehead atoms. The Hall–Kier alpha value is 0.154. The summed E-state index contributed by atoms with van der Waals surface area (Å²) in [5, 5.41) is 0. The van der Waals surface area contributed by atoms with Gasteiger partial charge in [0.05, 0.1) is 0 Å². The smallest absolute Gasteiger partial charge is 0.381 e. The zero-order valence-corrected chi connectivity index (χ0v) is 18.7. The highest BCUT2D eigenvalue weighted by molar-refractivity contribution is 6.62. The van der Waals surface area contributed by atoms with Crippen LogP contribution in [0.4, 0.5) is 0 Å². The molecule has 1 saturated heterocycles. The number of hydrogen-bond donors (Lipinski definition) is 0. The SMILES string of the molecule is CO[Si](OC)(OC)C1CCCCC([Si](OC)(OC)OC)CCOCC1. The lowest BCUT2D eigenvalue weighted by Crippen LogP contribution is -2.48. The molecule has 1 aliphatic heterocycles. The summed E-state index contributed by atoms with van der Waals surface area (Å²) in [6.07, 6.45) is 5.92. The number of ether oxygens (including phenoxy) is 1. The molecule has 0 amide bonds. The van der Waals surface area contributed by atoms with E-state index in [1.165, 1.54) is 0 Å². The fourth-order valence-corrected chi connectivity index (χ4v) is 8.89. The summed E-state index contributed by atoms with van der Waals surface area (Å²) < 4.78 is 40.0. The van der Waals surface area contributed by atoms with Gasteiger partial charge in [-0.3, -0.25) is 0 Å². The number of hydrogen-bond acceptors (Lipinski definition) is 7. The van der Waals surface area contributed by atoms with Crippen LogP contribution in [0.3, 0.4) is 0 Å². The standard InChI is InChI=1S/C16H36O7Si2/c1-17-24(18-2,19-3)15-9-7-8-10-16(12-14-23-13-11-15)25(20-4,21-5)22-6/h15-16H,7-14H2,1-6H3. The molecule has 0 N–H and O–H groups in total. The summed E-state index contributed by atoms with van der Waals surface area (Å²) >= 11 is 0. The number of rotatable bonds is 8. The Morgan fingerprint density at radius 1 is 0.560 bits per heavy atom. The predicted octanol–water partition coefficient (Wildman–Crippen LogP) is 2.85. The van der Waals surface area contributed by atoms with Crippen molar-refractivity contribution in [1.29, 1.82) is 0 Å². The Morgan fingerprint density at radius 3 is 1.16 bits per heavy atom. The summed E-state index contributed by atoms with van der Waals surface area (Å²) in [6, 6.07) is 0. The Balaban J connectivity index is 2.79. The first-order chi connectivity index (χ1) is 12.1. The van der Waals surface area contributed by atoms with Gasteiger partial charge < -0.3 is 31.3 Å². The minimum Gasteiger partial charge on any atom is -0.381 e. The Bertz CT molecular complexity index is 303. The van der Waals surface area contributed by atoms with Crippen molar-refractivity contribution in [2.24, 2.45) is 0 Å². The normalized spacial score (nSPS) is 24.7. The highest BCUT2D eigenvalue weighted by Gasteiger charge is 2.48. The van der Waals surface area contributed by atoms with Crippen LogP contribution in [0.25, 0.3) is 0 Å². The van der Waals surface area contributed by atoms with E-state index in [1.54, 1.807) is 42.7 Å². The molecule has 9 heteroatoms. The van der Waals surface area contributed by atoms with Crippen LogP contribution in [0.15, 0.2) is 0 Å². The van der Waals surface area contributed by atoms with Crippen LogP contribution in [0.1, 0.15) is 38.5 Å². The fourth-order valence-electron chi connectivity index (χ4n) is 3.83. The van der Waals surface area contributed by atoms with Crippen molar-refractivity contribution in [1.82, 2.24) is 0 Å². The Kier molecular flexibility index (Phi) is 10.9. The molecule has 0 saturated carbocycles. The van der Waals surface area contributed by atoms with Gasteiger partial charge in [-0.1, -0.05) is 12.8 Å². The molecule has 7 nitrogen and oxygen atoms in total. The van der Waals surface area contributed by atoms with E-state index in [1.807, 2.05) is 0 Å². The van der Waals surface area contributed by atoms with Crippen LogP contribution >= 0.6 is 0 Å². The van der Waals surface area contributed by atoms with Gasteiger partial charge in [-0.25, -0.2) is 0 Å². The van der Waals surface area contributed by atoms with Crippen LogP contribution < -0.4 is 0 Å². The minimum absolute atomic E-state index is 0.248. The topological polar surface area (TPSA) is 64.6 Å². The lowest BCUT2D eigenvalue weighted by Gasteiger charge is -2.33. The van der Waals surface area contributed by atoms with Crippen LogP contribution in [-0.4, -0.2) is 73.5 Å². The minimum atomic E-state index is -2.65. The van der Waals surface area contributed by atoms with Gasteiger partial charge in [0.15, 0.2) is 0 Å². The molecule has 150 valence electrons. The van der Waals surface area contributed by atoms with E-state index in [2.05, 4.69) is 0 Å². The van der Waals surface area contributed by atoms with Crippen molar-refractivity contribution < 1.29 is 31.3 Å². The fraction of sp³-hybridized carbons (Fsp3) is 1.00. The molecule has 0 aromatic rings. The van der Waals surface area contributed by atoms with E-state index in [0.717, 1.165) is 38.5 Å². The van der Waals surface area contributed by atoms with Gasteiger partial charge in [-0.15, -0.1) is 0 Å². The highest BCUT2D eigenvalue weighted by Crippen LogP contribution is 2.37. The summed E-state index contributed by atoms with van der Waals surface area (Å²) in [6.45, 7) is 1.34. The second-order valence-corrected chi connectivity index (χ2v) is 12.8. The summed E-state index contributed by atoms with van der Waals surface area (Å²) in [4.78, 5) is 0. The third-order valence-corrected chi connectivity index (χ3v) is 11.9. The summed E-state index contributed by atoms with van der Waals surface area (Å²) in [5.41, 5.74) is 0.497. The van der Waals surface area contributed by atoms with E-state index in [9.17, 15) is 0 Å². The van der Waals surface area contributed by atoms with E-state index < -0.39 is 17.6 Å². The molecule has 1 rings (SSSR count). The Labute approximate surface area is 155 Å². The first-order valence-corrected chi connectivity index (χ1v) is 12.6. The molecule has 0 aliphatic carbocycles. The monoisotopic (exact) mass is 396 g/mol. The first-order valence-electron chi connectivity index (χ1n) is 8.96. The molecule has 0 aromatic carbocycles. The molecular weight excluding hydrogens is 360 g/mol. The van der Waals surface area contributed by atoms with Crippen molar-refractivity contribution >= 4 is 17.6 Å². The largest absolute Gasteiger partial charge is 0.503 e. The van der Waals surface area contributed by atoms with Crippen LogP contribution in [0, 0.1) is 0 Å². The molecule has 0 radical (unpaired) electrons. The van der Waals surface area contributed by atoms with Gasteiger partial charge in [0.2, 0.25) is 0 Å². The third kappa shape index (κ3) is 5.81. The van der Waals surface area contributed by atoms with Crippen LogP contribution in [0.2, 0.25) is 11.1 Å². The molecule has 0 spiro atoms. The predicted molar refractivity (Wildman–Crippen MR) is 99.6 cm³/mol. The second kappa shape index (κ2) is 11.8. The van der Waals surface area contributed by atoms with Crippen LogP contribution in [0.5, 0.6) is 0 Å². The highest BCUT2D eigenvalue weighted by atomic mass is 28.4. The van der Waals surface area contributed by atoms with Crippen molar-refractivity contribution in [2.75, 3.05) is 55.9 Å². The lowest BCUT2D eigenvalue weighted by molar-refractivity contribution is 0.0816. The quantitative estimate of drug-likeness (QED) is 0.585. The van der Waals surface area contributed by atoms with Crippen molar-refractivity contribution in [3.05, 3.63) is 0 Å². The van der Waals surface area contributed by atoms with Gasteiger partial charge >= 0.3 is 17.6 Å². The molecule has 2 unspecified atom stereocenters. The zero-order valence-electron chi connectivity index (χ0n) is 16.7. The summed E-state index contributed by atoms with van der Waals surface area (Å²) in [5.74, 6) is 0. The molecule has 1 aliphatic rings. The van der Waals surface area contributed by atoms with Gasteiger partial charge in [0, 0.05) is 67.0 Å². The van der Waals surface area contributed by atoms with E-state index in [0.29, 0.717) is 13.2 Å². The molecular formula is C16H36O7Si2. The zero-order chi connectivity index (χ0) is 18.8. The van der Waals surface area contributed by atoms with Crippen molar-refractivity contribution in [3.63, 3.8) is 0 Å². The maximum absolute atomic E-state index is 5.89.